The Hall–Kier alpha value is -3.88. The monoisotopic (exact) mass is 990 g/mol. The molecule has 8 nitrogen and oxygen atoms in total. The van der Waals surface area contributed by atoms with E-state index in [-0.39, 0.29) is 51.7 Å². The quantitative estimate of drug-likeness (QED) is 0.105. The van der Waals surface area contributed by atoms with Crippen molar-refractivity contribution in [2.75, 3.05) is 0 Å². The van der Waals surface area contributed by atoms with Gasteiger partial charge in [0, 0.05) is 45.9 Å². The molecule has 47 heavy (non-hydrogen) atoms. The van der Waals surface area contributed by atoms with E-state index in [0.717, 1.165) is 39.5 Å². The molecule has 0 saturated heterocycles. The van der Waals surface area contributed by atoms with Crippen molar-refractivity contribution in [3.05, 3.63) is 145 Å². The van der Waals surface area contributed by atoms with Gasteiger partial charge in [-0.2, -0.15) is 0 Å². The Morgan fingerprint density at radius 2 is 1.04 bits per heavy atom. The molecule has 2 unspecified atom stereocenters. The fourth-order valence-electron chi connectivity index (χ4n) is 3.68. The summed E-state index contributed by atoms with van der Waals surface area (Å²) in [7, 11) is 0. The summed E-state index contributed by atoms with van der Waals surface area (Å²) in [6, 6.07) is 35.9. The van der Waals surface area contributed by atoms with E-state index in [1.54, 1.807) is 26.5 Å². The van der Waals surface area contributed by atoms with Crippen molar-refractivity contribution in [1.82, 2.24) is 19.9 Å². The van der Waals surface area contributed by atoms with Gasteiger partial charge in [-0.15, -0.1) is 71.8 Å². The zero-order chi connectivity index (χ0) is 33.0. The zero-order valence-corrected chi connectivity index (χ0v) is 31.7. The molecule has 2 heterocycles. The van der Waals surface area contributed by atoms with Crippen LogP contribution in [0, 0.1) is 19.1 Å². The molecule has 5 rings (SSSR count). The van der Waals surface area contributed by atoms with Crippen molar-refractivity contribution in [2.45, 2.75) is 46.8 Å². The number of hydrogen-bond acceptors (Lipinski definition) is 8. The van der Waals surface area contributed by atoms with Gasteiger partial charge in [-0.3, -0.25) is 9.97 Å². The maximum Gasteiger partial charge on any atom is 0.106 e. The number of aliphatic hydroxyl groups excluding tert-OH is 4. The molecule has 0 spiro atoms. The van der Waals surface area contributed by atoms with E-state index >= 15 is 0 Å². The van der Waals surface area contributed by atoms with Crippen molar-refractivity contribution in [3.63, 3.8) is 0 Å². The second kappa shape index (κ2) is 24.3. The van der Waals surface area contributed by atoms with Crippen molar-refractivity contribution < 1.29 is 60.6 Å². The van der Waals surface area contributed by atoms with E-state index in [4.69, 9.17) is 20.4 Å². The van der Waals surface area contributed by atoms with Gasteiger partial charge in [0.1, 0.15) is 12.7 Å². The standard InChI is InChI=1S/C16H11N2.C11H9N2.2C5H10O2.2Ir/c1-3-7-13(8-4-1)15-11-16(18-12-17-15)14-9-5-2-6-10-14;1-9-7-11(13-8-12-9)10-5-3-2-4-6-10;2*1-4(6)3-5(2)7;;/h1-9,11-12H;2-5,7-8H,1H3;2*3-4,6-7H,1-2H3;;/q2*-1;;;;. The predicted molar refractivity (Wildman–Crippen MR) is 179 cm³/mol. The molecule has 0 saturated carbocycles. The van der Waals surface area contributed by atoms with Crippen LogP contribution in [0.2, 0.25) is 0 Å². The minimum atomic E-state index is -0.537. The summed E-state index contributed by atoms with van der Waals surface area (Å²) in [4.78, 5) is 16.8. The molecule has 5 aromatic rings. The number of aliphatic hydroxyl groups is 4. The molecule has 2 atom stereocenters. The number of aryl methyl sites for hydroxylation is 1. The van der Waals surface area contributed by atoms with Gasteiger partial charge < -0.3 is 20.4 Å². The first-order chi connectivity index (χ1) is 21.5. The van der Waals surface area contributed by atoms with Crippen LogP contribution in [-0.2, 0) is 40.2 Å². The summed E-state index contributed by atoms with van der Waals surface area (Å²) < 4.78 is 0. The molecule has 4 N–H and O–H groups in total. The maximum absolute atomic E-state index is 8.49. The first-order valence-corrected chi connectivity index (χ1v) is 14.3. The molecule has 0 bridgehead atoms. The van der Waals surface area contributed by atoms with Gasteiger partial charge in [0.2, 0.25) is 0 Å². The molecule has 10 heteroatoms. The van der Waals surface area contributed by atoms with E-state index in [2.05, 4.69) is 32.1 Å². The van der Waals surface area contributed by atoms with Gasteiger partial charge >= 0.3 is 0 Å². The van der Waals surface area contributed by atoms with E-state index in [0.29, 0.717) is 0 Å². The molecule has 0 amide bonds. The molecule has 3 aromatic carbocycles. The van der Waals surface area contributed by atoms with E-state index < -0.39 is 12.2 Å². The molecular weight excluding hydrogens is 949 g/mol. The van der Waals surface area contributed by atoms with Crippen LogP contribution in [-0.4, -0.2) is 52.6 Å². The number of nitrogens with zero attached hydrogens (tertiary/aromatic N) is 4. The molecule has 0 aliphatic carbocycles. The third kappa shape index (κ3) is 18.8. The minimum Gasteiger partial charge on any atom is -0.513 e. The maximum atomic E-state index is 8.49. The Balaban J connectivity index is 0.000000645. The fraction of sp³-hybridized carbons (Fsp3) is 0.189. The largest absolute Gasteiger partial charge is 0.513 e. The fourth-order valence-corrected chi connectivity index (χ4v) is 3.68. The Labute approximate surface area is 304 Å². The first-order valence-electron chi connectivity index (χ1n) is 14.3. The summed E-state index contributed by atoms with van der Waals surface area (Å²) in [6.45, 7) is 8.16. The molecule has 0 fully saturated rings. The topological polar surface area (TPSA) is 132 Å². The van der Waals surface area contributed by atoms with Crippen LogP contribution in [0.1, 0.15) is 33.4 Å². The first kappa shape index (κ1) is 43.1. The van der Waals surface area contributed by atoms with Gasteiger partial charge in [0.25, 0.3) is 0 Å². The number of benzene rings is 3. The van der Waals surface area contributed by atoms with Crippen LogP contribution < -0.4 is 0 Å². The number of allylic oxidation sites excluding steroid dienone is 2. The second-order valence-corrected chi connectivity index (χ2v) is 9.85. The number of rotatable bonds is 5. The smallest absolute Gasteiger partial charge is 0.106 e. The number of hydrogen-bond donors (Lipinski definition) is 4. The normalized spacial score (nSPS) is 11.6. The van der Waals surface area contributed by atoms with Gasteiger partial charge in [-0.25, -0.2) is 9.97 Å². The van der Waals surface area contributed by atoms with Crippen molar-refractivity contribution in [2.24, 2.45) is 0 Å². The van der Waals surface area contributed by atoms with Crippen molar-refractivity contribution in [1.29, 1.82) is 0 Å². The van der Waals surface area contributed by atoms with Crippen LogP contribution in [0.25, 0.3) is 33.8 Å². The Bertz CT molecular complexity index is 1520. The van der Waals surface area contributed by atoms with E-state index in [9.17, 15) is 0 Å². The summed E-state index contributed by atoms with van der Waals surface area (Å²) in [5.41, 5.74) is 6.81. The van der Waals surface area contributed by atoms with Crippen molar-refractivity contribution in [3.8, 4) is 33.8 Å². The summed E-state index contributed by atoms with van der Waals surface area (Å²) in [5.74, 6) is 0.324. The average molecular weight is 989 g/mol. The van der Waals surface area contributed by atoms with Gasteiger partial charge in [-0.05, 0) is 63.7 Å². The minimum absolute atomic E-state index is 0. The third-order valence-electron chi connectivity index (χ3n) is 5.48. The average Bonchev–Trinajstić information content (AvgIpc) is 3.02. The van der Waals surface area contributed by atoms with Crippen molar-refractivity contribution >= 4 is 0 Å². The molecule has 252 valence electrons. The third-order valence-corrected chi connectivity index (χ3v) is 5.48. The molecule has 0 aliphatic heterocycles. The van der Waals surface area contributed by atoms with Crippen LogP contribution in [0.4, 0.5) is 0 Å². The molecule has 2 radical (unpaired) electrons. The van der Waals surface area contributed by atoms with E-state index in [1.807, 2.05) is 97.9 Å². The Morgan fingerprint density at radius 3 is 1.43 bits per heavy atom. The van der Waals surface area contributed by atoms with E-state index in [1.165, 1.54) is 26.0 Å². The Kier molecular flexibility index (Phi) is 22.3. The molecular formula is C37H40Ir2N4O4-2. The predicted octanol–water partition coefficient (Wildman–Crippen LogP) is 7.52. The van der Waals surface area contributed by atoms with Crippen LogP contribution in [0.15, 0.2) is 127 Å². The SMILES string of the molecule is CC(O)=CC(C)O.CC(O)=CC(C)O.Cc1cc(-c2[c-]cccc2)ncn1.[Ir].[Ir].[c-]1ccccc1-c1cc(-c2ccccc2)ncn1. The van der Waals surface area contributed by atoms with Crippen LogP contribution >= 0.6 is 0 Å². The second-order valence-electron chi connectivity index (χ2n) is 9.85. The summed E-state index contributed by atoms with van der Waals surface area (Å²) in [6.07, 6.45) is 4.82. The summed E-state index contributed by atoms with van der Waals surface area (Å²) >= 11 is 0. The molecule has 0 aliphatic rings. The zero-order valence-electron chi connectivity index (χ0n) is 26.9. The summed E-state index contributed by atoms with van der Waals surface area (Å²) in [5, 5.41) is 33.8. The van der Waals surface area contributed by atoms with Crippen LogP contribution in [0.3, 0.4) is 0 Å². The van der Waals surface area contributed by atoms with Gasteiger partial charge in [0.05, 0.1) is 29.4 Å². The number of aromatic nitrogens is 4. The van der Waals surface area contributed by atoms with Gasteiger partial charge in [-0.1, -0.05) is 42.5 Å². The molecule has 2 aromatic heterocycles. The van der Waals surface area contributed by atoms with Gasteiger partial charge in [0.15, 0.2) is 0 Å². The van der Waals surface area contributed by atoms with Crippen LogP contribution in [0.5, 0.6) is 0 Å². The Morgan fingerprint density at radius 1 is 0.617 bits per heavy atom.